The van der Waals surface area contributed by atoms with Crippen molar-refractivity contribution in [2.45, 2.75) is 39.2 Å². The first-order valence-electron chi connectivity index (χ1n) is 8.60. The number of hydrogen-bond donors (Lipinski definition) is 1. The quantitative estimate of drug-likeness (QED) is 0.457. The summed E-state index contributed by atoms with van der Waals surface area (Å²) in [5.41, 5.74) is 3.65. The molecule has 0 saturated heterocycles. The second-order valence-electron chi connectivity index (χ2n) is 6.05. The molecule has 2 nitrogen and oxygen atoms in total. The molecule has 0 unspecified atom stereocenters. The van der Waals surface area contributed by atoms with Gasteiger partial charge < -0.3 is 4.98 Å². The summed E-state index contributed by atoms with van der Waals surface area (Å²) >= 11 is 0. The molecule has 0 amide bonds. The first-order chi connectivity index (χ1) is 11.4. The van der Waals surface area contributed by atoms with Gasteiger partial charge in [-0.3, -0.25) is 0 Å². The lowest BCUT2D eigenvalue weighted by Crippen LogP contribution is -2.32. The monoisotopic (exact) mass is 305 g/mol. The predicted molar refractivity (Wildman–Crippen MR) is 98.0 cm³/mol. The van der Waals surface area contributed by atoms with Crippen molar-refractivity contribution in [1.29, 1.82) is 0 Å². The Hall–Kier alpha value is -2.35. The van der Waals surface area contributed by atoms with Crippen LogP contribution in [0.1, 0.15) is 43.7 Å². The van der Waals surface area contributed by atoms with Crippen LogP contribution in [0.2, 0.25) is 0 Å². The first kappa shape index (κ1) is 15.5. The molecule has 0 aliphatic heterocycles. The van der Waals surface area contributed by atoms with Gasteiger partial charge in [0.2, 0.25) is 0 Å². The zero-order valence-electron chi connectivity index (χ0n) is 13.8. The first-order valence-corrected chi connectivity index (χ1v) is 8.60. The smallest absolute Gasteiger partial charge is 0.169 e. The lowest BCUT2D eigenvalue weighted by Gasteiger charge is -1.98. The molecule has 118 valence electrons. The number of nitrogens with zero attached hydrogens (tertiary/aromatic N) is 1. The van der Waals surface area contributed by atoms with Gasteiger partial charge in [0.25, 0.3) is 0 Å². The number of fused-ring (bicyclic) bond motifs is 1. The minimum absolute atomic E-state index is 1.12. The number of para-hydroxylation sites is 1. The molecule has 23 heavy (non-hydrogen) atoms. The third kappa shape index (κ3) is 4.10. The Morgan fingerprint density at radius 2 is 1.78 bits per heavy atom. The molecular weight excluding hydrogens is 280 g/mol. The number of aromatic amines is 1. The van der Waals surface area contributed by atoms with Gasteiger partial charge in [0.15, 0.2) is 12.4 Å². The van der Waals surface area contributed by atoms with Crippen LogP contribution in [-0.2, 0) is 6.54 Å². The lowest BCUT2D eigenvalue weighted by molar-refractivity contribution is -0.697. The maximum Gasteiger partial charge on any atom is 0.169 e. The molecule has 0 atom stereocenters. The highest BCUT2D eigenvalue weighted by molar-refractivity contribution is 5.91. The van der Waals surface area contributed by atoms with E-state index >= 15 is 0 Å². The Morgan fingerprint density at radius 1 is 0.957 bits per heavy atom. The van der Waals surface area contributed by atoms with E-state index in [2.05, 4.69) is 83.6 Å². The highest BCUT2D eigenvalue weighted by atomic mass is 14.9. The van der Waals surface area contributed by atoms with Crippen molar-refractivity contribution in [3.63, 3.8) is 0 Å². The van der Waals surface area contributed by atoms with Crippen LogP contribution in [0.3, 0.4) is 0 Å². The van der Waals surface area contributed by atoms with Crippen molar-refractivity contribution in [2.24, 2.45) is 0 Å². The van der Waals surface area contributed by atoms with E-state index in [-0.39, 0.29) is 0 Å². The number of pyridine rings is 1. The van der Waals surface area contributed by atoms with Crippen molar-refractivity contribution in [3.05, 3.63) is 66.1 Å². The summed E-state index contributed by atoms with van der Waals surface area (Å²) in [6.07, 6.45) is 16.0. The maximum atomic E-state index is 3.31. The SMILES string of the molecule is CCCCCC[n+]1ccc(/C=C/c2c[nH]c3ccccc23)cc1. The number of aryl methyl sites for hydroxylation is 1. The van der Waals surface area contributed by atoms with Gasteiger partial charge in [-0.15, -0.1) is 0 Å². The van der Waals surface area contributed by atoms with E-state index in [1.54, 1.807) is 0 Å². The van der Waals surface area contributed by atoms with Crippen LogP contribution in [0.25, 0.3) is 23.1 Å². The Kier molecular flexibility index (Phi) is 5.25. The minimum Gasteiger partial charge on any atom is -0.361 e. The number of unbranched alkanes of at least 4 members (excludes halogenated alkanes) is 3. The summed E-state index contributed by atoms with van der Waals surface area (Å²) in [5.74, 6) is 0. The molecule has 3 rings (SSSR count). The van der Waals surface area contributed by atoms with E-state index in [0.717, 1.165) is 6.54 Å². The average molecular weight is 305 g/mol. The standard InChI is InChI=1S/C21H24N2/c1-2-3-4-7-14-23-15-12-18(13-16-23)10-11-19-17-22-21-9-6-5-8-20(19)21/h5-6,8-13,15-17H,2-4,7,14H2,1H3/p+1. The van der Waals surface area contributed by atoms with Crippen LogP contribution >= 0.6 is 0 Å². The number of aromatic nitrogens is 2. The molecule has 3 aromatic rings. The van der Waals surface area contributed by atoms with Crippen molar-refractivity contribution < 1.29 is 4.57 Å². The molecule has 1 N–H and O–H groups in total. The van der Waals surface area contributed by atoms with Crippen LogP contribution in [0.5, 0.6) is 0 Å². The predicted octanol–water partition coefficient (Wildman–Crippen LogP) is 5.21. The van der Waals surface area contributed by atoms with Gasteiger partial charge in [-0.05, 0) is 23.6 Å². The summed E-state index contributed by atoms with van der Waals surface area (Å²) < 4.78 is 2.28. The van der Waals surface area contributed by atoms with Crippen LogP contribution in [0, 0.1) is 0 Å². The summed E-state index contributed by atoms with van der Waals surface area (Å²) in [5, 5.41) is 1.27. The average Bonchev–Trinajstić information content (AvgIpc) is 3.01. The van der Waals surface area contributed by atoms with Crippen LogP contribution < -0.4 is 4.57 Å². The van der Waals surface area contributed by atoms with E-state index in [9.17, 15) is 0 Å². The van der Waals surface area contributed by atoms with E-state index in [1.165, 1.54) is 47.7 Å². The molecule has 2 heterocycles. The largest absolute Gasteiger partial charge is 0.361 e. The fraction of sp³-hybridized carbons (Fsp3) is 0.286. The van der Waals surface area contributed by atoms with Crippen molar-refractivity contribution in [1.82, 2.24) is 4.98 Å². The lowest BCUT2D eigenvalue weighted by atomic mass is 10.1. The van der Waals surface area contributed by atoms with Crippen molar-refractivity contribution in [3.8, 4) is 0 Å². The Morgan fingerprint density at radius 3 is 2.61 bits per heavy atom. The van der Waals surface area contributed by atoms with E-state index in [0.29, 0.717) is 0 Å². The van der Waals surface area contributed by atoms with Gasteiger partial charge in [-0.25, -0.2) is 4.57 Å². The summed E-state index contributed by atoms with van der Waals surface area (Å²) in [6.45, 7) is 3.37. The molecule has 2 aromatic heterocycles. The van der Waals surface area contributed by atoms with Gasteiger partial charge in [0.05, 0.1) is 0 Å². The molecular formula is C21H25N2+. The molecule has 0 bridgehead atoms. The molecule has 2 heteroatoms. The zero-order valence-corrected chi connectivity index (χ0v) is 13.8. The number of benzene rings is 1. The Balaban J connectivity index is 1.63. The van der Waals surface area contributed by atoms with E-state index in [1.807, 2.05) is 0 Å². The molecule has 0 aliphatic rings. The third-order valence-corrected chi connectivity index (χ3v) is 4.26. The maximum absolute atomic E-state index is 3.31. The van der Waals surface area contributed by atoms with Gasteiger partial charge in [-0.1, -0.05) is 50.1 Å². The fourth-order valence-corrected chi connectivity index (χ4v) is 2.87. The minimum atomic E-state index is 1.12. The second-order valence-corrected chi connectivity index (χ2v) is 6.05. The summed E-state index contributed by atoms with van der Waals surface area (Å²) in [6, 6.07) is 12.8. The van der Waals surface area contributed by atoms with Crippen LogP contribution in [-0.4, -0.2) is 4.98 Å². The van der Waals surface area contributed by atoms with Crippen LogP contribution in [0.15, 0.2) is 55.0 Å². The van der Waals surface area contributed by atoms with Crippen molar-refractivity contribution >= 4 is 23.1 Å². The molecule has 1 aromatic carbocycles. The normalized spacial score (nSPS) is 11.5. The second kappa shape index (κ2) is 7.77. The zero-order chi connectivity index (χ0) is 15.9. The Bertz CT molecular complexity index is 766. The molecule has 0 fully saturated rings. The summed E-state index contributed by atoms with van der Waals surface area (Å²) in [4.78, 5) is 3.31. The summed E-state index contributed by atoms with van der Waals surface area (Å²) in [7, 11) is 0. The topological polar surface area (TPSA) is 19.7 Å². The number of rotatable bonds is 7. The van der Waals surface area contributed by atoms with Gasteiger partial charge >= 0.3 is 0 Å². The highest BCUT2D eigenvalue weighted by Gasteiger charge is 2.01. The van der Waals surface area contributed by atoms with Gasteiger partial charge in [0.1, 0.15) is 6.54 Å². The molecule has 0 saturated carbocycles. The van der Waals surface area contributed by atoms with Gasteiger partial charge in [0, 0.05) is 35.7 Å². The Labute approximate surface area is 138 Å². The number of H-pyrrole nitrogens is 1. The molecule has 0 radical (unpaired) electrons. The number of hydrogen-bond acceptors (Lipinski definition) is 0. The fourth-order valence-electron chi connectivity index (χ4n) is 2.87. The molecule has 0 aliphatic carbocycles. The van der Waals surface area contributed by atoms with Crippen molar-refractivity contribution in [2.75, 3.05) is 0 Å². The van der Waals surface area contributed by atoms with E-state index in [4.69, 9.17) is 0 Å². The highest BCUT2D eigenvalue weighted by Crippen LogP contribution is 2.19. The van der Waals surface area contributed by atoms with Crippen LogP contribution in [0.4, 0.5) is 0 Å². The van der Waals surface area contributed by atoms with E-state index < -0.39 is 0 Å². The number of nitrogens with one attached hydrogen (secondary N) is 1. The third-order valence-electron chi connectivity index (χ3n) is 4.26. The van der Waals surface area contributed by atoms with Gasteiger partial charge in [-0.2, -0.15) is 0 Å². The molecule has 0 spiro atoms.